The molecule has 3 rings (SSSR count). The first-order valence-corrected chi connectivity index (χ1v) is 8.45. The predicted octanol–water partition coefficient (Wildman–Crippen LogP) is 2.80. The molecule has 8 heteroatoms. The second kappa shape index (κ2) is 9.93. The van der Waals surface area contributed by atoms with Crippen molar-refractivity contribution in [3.63, 3.8) is 0 Å². The van der Waals surface area contributed by atoms with Crippen LogP contribution < -0.4 is 5.32 Å². The zero-order valence-electron chi connectivity index (χ0n) is 13.5. The van der Waals surface area contributed by atoms with E-state index in [0.717, 1.165) is 42.3 Å². The van der Waals surface area contributed by atoms with Gasteiger partial charge in [0.1, 0.15) is 5.01 Å². The summed E-state index contributed by atoms with van der Waals surface area (Å²) >= 11 is 1.54. The minimum atomic E-state index is 0. The van der Waals surface area contributed by atoms with Gasteiger partial charge in [-0.1, -0.05) is 6.07 Å². The number of amides is 1. The molecule has 24 heavy (non-hydrogen) atoms. The van der Waals surface area contributed by atoms with E-state index in [1.807, 2.05) is 35.5 Å². The molecule has 0 atom stereocenters. The Hall–Kier alpha value is -1.21. The van der Waals surface area contributed by atoms with Gasteiger partial charge in [-0.2, -0.15) is 0 Å². The van der Waals surface area contributed by atoms with Crippen LogP contribution in [-0.2, 0) is 11.2 Å². The normalized spacial score (nSPS) is 14.6. The summed E-state index contributed by atoms with van der Waals surface area (Å²) in [4.78, 5) is 23.2. The largest absolute Gasteiger partial charge is 0.342 e. The fraction of sp³-hybridized carbons (Fsp3) is 0.438. The van der Waals surface area contributed by atoms with Crippen LogP contribution >= 0.6 is 36.2 Å². The maximum atomic E-state index is 12.4. The summed E-state index contributed by atoms with van der Waals surface area (Å²) in [6, 6.07) is 6.31. The summed E-state index contributed by atoms with van der Waals surface area (Å²) in [7, 11) is 1.98. The van der Waals surface area contributed by atoms with Gasteiger partial charge >= 0.3 is 0 Å². The molecule has 0 aromatic carbocycles. The molecule has 0 spiro atoms. The highest BCUT2D eigenvalue weighted by atomic mass is 35.5. The maximum Gasteiger partial charge on any atom is 0.228 e. The van der Waals surface area contributed by atoms with Crippen LogP contribution in [0.2, 0.25) is 0 Å². The van der Waals surface area contributed by atoms with Gasteiger partial charge in [0.15, 0.2) is 0 Å². The lowest BCUT2D eigenvalue weighted by Crippen LogP contribution is -2.44. The average molecular weight is 389 g/mol. The molecule has 2 aromatic heterocycles. The third-order valence-corrected chi connectivity index (χ3v) is 4.94. The van der Waals surface area contributed by atoms with E-state index in [-0.39, 0.29) is 30.7 Å². The van der Waals surface area contributed by atoms with Gasteiger partial charge in [0, 0.05) is 30.7 Å². The highest BCUT2D eigenvalue weighted by Gasteiger charge is 2.22. The molecule has 0 radical (unpaired) electrons. The number of piperidine rings is 1. The molecule has 3 heterocycles. The molecule has 1 aliphatic heterocycles. The average Bonchev–Trinajstić information content (AvgIpc) is 3.04. The Labute approximate surface area is 158 Å². The lowest BCUT2D eigenvalue weighted by atomic mass is 10.0. The molecule has 1 N–H and O–H groups in total. The number of rotatable bonds is 4. The number of hydrogen-bond acceptors (Lipinski definition) is 5. The molecule has 1 fully saturated rings. The molecular formula is C16H22Cl2N4OS. The number of nitrogens with zero attached hydrogens (tertiary/aromatic N) is 3. The Morgan fingerprint density at radius 2 is 2.08 bits per heavy atom. The van der Waals surface area contributed by atoms with Gasteiger partial charge in [-0.15, -0.1) is 36.2 Å². The van der Waals surface area contributed by atoms with Crippen molar-refractivity contribution in [1.29, 1.82) is 0 Å². The van der Waals surface area contributed by atoms with Crippen LogP contribution in [0.4, 0.5) is 0 Å². The van der Waals surface area contributed by atoms with Gasteiger partial charge in [-0.25, -0.2) is 4.98 Å². The smallest absolute Gasteiger partial charge is 0.228 e. The zero-order chi connectivity index (χ0) is 15.4. The van der Waals surface area contributed by atoms with Crippen LogP contribution in [0.15, 0.2) is 29.8 Å². The highest BCUT2D eigenvalue weighted by molar-refractivity contribution is 7.13. The van der Waals surface area contributed by atoms with Crippen LogP contribution in [0.3, 0.4) is 0 Å². The van der Waals surface area contributed by atoms with E-state index in [9.17, 15) is 4.79 Å². The van der Waals surface area contributed by atoms with Crippen molar-refractivity contribution in [2.75, 3.05) is 20.1 Å². The van der Waals surface area contributed by atoms with Crippen LogP contribution in [-0.4, -0.2) is 47.0 Å². The van der Waals surface area contributed by atoms with E-state index in [2.05, 4.69) is 15.3 Å². The molecule has 5 nitrogen and oxygen atoms in total. The number of pyridine rings is 1. The van der Waals surface area contributed by atoms with E-state index in [4.69, 9.17) is 0 Å². The number of halogens is 2. The van der Waals surface area contributed by atoms with Crippen molar-refractivity contribution >= 4 is 42.1 Å². The number of carbonyl (C=O) groups excluding carboxylic acids is 1. The highest BCUT2D eigenvalue weighted by Crippen LogP contribution is 2.22. The van der Waals surface area contributed by atoms with E-state index in [1.165, 1.54) is 0 Å². The predicted molar refractivity (Wildman–Crippen MR) is 102 cm³/mol. The van der Waals surface area contributed by atoms with Gasteiger partial charge < -0.3 is 10.2 Å². The van der Waals surface area contributed by atoms with Gasteiger partial charge in [-0.05, 0) is 32.0 Å². The van der Waals surface area contributed by atoms with Crippen LogP contribution in [0.5, 0.6) is 0 Å². The van der Waals surface area contributed by atoms with E-state index >= 15 is 0 Å². The number of hydrogen-bond donors (Lipinski definition) is 1. The quantitative estimate of drug-likeness (QED) is 0.874. The van der Waals surface area contributed by atoms with Crippen molar-refractivity contribution in [3.05, 3.63) is 35.5 Å². The lowest BCUT2D eigenvalue weighted by molar-refractivity contribution is -0.131. The standard InChI is InChI=1S/C16H20N4OS.2ClH/c1-17-12-5-8-20(9-6-12)15(21)10-13-11-22-16(19-13)14-4-2-3-7-18-14;;/h2-4,7,11-12,17H,5-6,8-10H2,1H3;2*1H. The molecule has 0 bridgehead atoms. The molecule has 132 valence electrons. The Morgan fingerprint density at radius 3 is 2.71 bits per heavy atom. The molecule has 2 aromatic rings. The number of nitrogens with one attached hydrogen (secondary N) is 1. The van der Waals surface area contributed by atoms with Crippen LogP contribution in [0.1, 0.15) is 18.5 Å². The first-order chi connectivity index (χ1) is 10.8. The summed E-state index contributed by atoms with van der Waals surface area (Å²) in [5.41, 5.74) is 1.70. The van der Waals surface area contributed by atoms with E-state index < -0.39 is 0 Å². The minimum absolute atomic E-state index is 0. The third kappa shape index (κ3) is 5.14. The Kier molecular flexibility index (Phi) is 8.62. The van der Waals surface area contributed by atoms with Gasteiger partial charge in [0.05, 0.1) is 17.8 Å². The summed E-state index contributed by atoms with van der Waals surface area (Å²) in [5.74, 6) is 0.174. The second-order valence-electron chi connectivity index (χ2n) is 5.48. The van der Waals surface area contributed by atoms with Crippen LogP contribution in [0, 0.1) is 0 Å². The number of likely N-dealkylation sites (tertiary alicyclic amines) is 1. The van der Waals surface area contributed by atoms with Gasteiger partial charge in [0.25, 0.3) is 0 Å². The summed E-state index contributed by atoms with van der Waals surface area (Å²) in [6.07, 6.45) is 4.19. The Balaban J connectivity index is 0.00000144. The van der Waals surface area contributed by atoms with Crippen molar-refractivity contribution < 1.29 is 4.79 Å². The maximum absolute atomic E-state index is 12.4. The third-order valence-electron chi connectivity index (χ3n) is 4.02. The molecule has 0 unspecified atom stereocenters. The summed E-state index contributed by atoms with van der Waals surface area (Å²) in [6.45, 7) is 1.67. The molecule has 0 saturated carbocycles. The van der Waals surface area contributed by atoms with E-state index in [1.54, 1.807) is 17.5 Å². The fourth-order valence-electron chi connectivity index (χ4n) is 2.68. The molecule has 1 aliphatic rings. The first-order valence-electron chi connectivity index (χ1n) is 7.57. The van der Waals surface area contributed by atoms with Gasteiger partial charge in [0.2, 0.25) is 5.91 Å². The van der Waals surface area contributed by atoms with Crippen molar-refractivity contribution in [2.45, 2.75) is 25.3 Å². The molecule has 1 saturated heterocycles. The number of aromatic nitrogens is 2. The summed E-state index contributed by atoms with van der Waals surface area (Å²) < 4.78 is 0. The lowest BCUT2D eigenvalue weighted by Gasteiger charge is -2.31. The van der Waals surface area contributed by atoms with Gasteiger partial charge in [-0.3, -0.25) is 9.78 Å². The number of thiazole rings is 1. The van der Waals surface area contributed by atoms with E-state index in [0.29, 0.717) is 12.5 Å². The fourth-order valence-corrected chi connectivity index (χ4v) is 3.47. The summed E-state index contributed by atoms with van der Waals surface area (Å²) in [5, 5.41) is 6.11. The zero-order valence-corrected chi connectivity index (χ0v) is 15.9. The molecular weight excluding hydrogens is 367 g/mol. The topological polar surface area (TPSA) is 58.1 Å². The molecule has 1 amide bonds. The number of carbonyl (C=O) groups is 1. The second-order valence-corrected chi connectivity index (χ2v) is 6.34. The van der Waals surface area contributed by atoms with Crippen molar-refractivity contribution in [3.8, 4) is 10.7 Å². The van der Waals surface area contributed by atoms with Crippen molar-refractivity contribution in [1.82, 2.24) is 20.2 Å². The monoisotopic (exact) mass is 388 g/mol. The first kappa shape index (κ1) is 20.8. The molecule has 0 aliphatic carbocycles. The Morgan fingerprint density at radius 1 is 1.33 bits per heavy atom. The SMILES string of the molecule is CNC1CCN(C(=O)Cc2csc(-c3ccccn3)n2)CC1.Cl.Cl. The van der Waals surface area contributed by atoms with Crippen LogP contribution in [0.25, 0.3) is 10.7 Å². The Bertz CT molecular complexity index is 630. The minimum Gasteiger partial charge on any atom is -0.342 e. The van der Waals surface area contributed by atoms with Crippen molar-refractivity contribution in [2.24, 2.45) is 0 Å².